The molecule has 0 unspecified atom stereocenters. The SMILES string of the molecule is COC(=O)c1ccc(Nc2ncnc(Oc3cc(C)cc(C)c3)c2[N+](=O)[O-])cc1. The van der Waals surface area contributed by atoms with Crippen LogP contribution in [-0.2, 0) is 4.74 Å². The molecule has 0 fully saturated rings. The van der Waals surface area contributed by atoms with E-state index in [4.69, 9.17) is 4.74 Å². The summed E-state index contributed by atoms with van der Waals surface area (Å²) in [5.74, 6) is -0.245. The van der Waals surface area contributed by atoms with Crippen LogP contribution in [0.4, 0.5) is 17.2 Å². The molecule has 3 aromatic rings. The first-order valence-corrected chi connectivity index (χ1v) is 8.58. The van der Waals surface area contributed by atoms with Gasteiger partial charge in [-0.05, 0) is 61.4 Å². The maximum atomic E-state index is 11.7. The van der Waals surface area contributed by atoms with E-state index < -0.39 is 16.6 Å². The summed E-state index contributed by atoms with van der Waals surface area (Å²) in [7, 11) is 1.29. The normalized spacial score (nSPS) is 10.3. The summed E-state index contributed by atoms with van der Waals surface area (Å²) in [5, 5.41) is 14.5. The lowest BCUT2D eigenvalue weighted by Gasteiger charge is -2.10. The Hall–Kier alpha value is -4.01. The van der Waals surface area contributed by atoms with Crippen molar-refractivity contribution < 1.29 is 19.2 Å². The summed E-state index contributed by atoms with van der Waals surface area (Å²) >= 11 is 0. The van der Waals surface area contributed by atoms with Gasteiger partial charge in [0.15, 0.2) is 0 Å². The van der Waals surface area contributed by atoms with Gasteiger partial charge in [0, 0.05) is 5.69 Å². The fourth-order valence-electron chi connectivity index (χ4n) is 2.74. The number of nitrogens with zero attached hydrogens (tertiary/aromatic N) is 3. The van der Waals surface area contributed by atoms with Crippen LogP contribution in [0.5, 0.6) is 11.6 Å². The molecule has 0 bridgehead atoms. The Bertz CT molecular complexity index is 1050. The van der Waals surface area contributed by atoms with Gasteiger partial charge in [0.05, 0.1) is 17.6 Å². The van der Waals surface area contributed by atoms with Crippen molar-refractivity contribution in [2.75, 3.05) is 12.4 Å². The van der Waals surface area contributed by atoms with Crippen LogP contribution in [0.25, 0.3) is 0 Å². The number of aromatic nitrogens is 2. The van der Waals surface area contributed by atoms with E-state index in [9.17, 15) is 14.9 Å². The molecule has 0 aliphatic rings. The van der Waals surface area contributed by atoms with E-state index in [1.807, 2.05) is 19.9 Å². The fourth-order valence-corrected chi connectivity index (χ4v) is 2.74. The number of benzene rings is 2. The molecule has 0 radical (unpaired) electrons. The first kappa shape index (κ1) is 19.7. The molecule has 148 valence electrons. The van der Waals surface area contributed by atoms with Crippen LogP contribution >= 0.6 is 0 Å². The van der Waals surface area contributed by atoms with Gasteiger partial charge in [0.25, 0.3) is 0 Å². The average molecular weight is 394 g/mol. The number of nitro groups is 1. The molecule has 0 aliphatic heterocycles. The third kappa shape index (κ3) is 4.64. The van der Waals surface area contributed by atoms with Crippen molar-refractivity contribution in [3.63, 3.8) is 0 Å². The van der Waals surface area contributed by atoms with Crippen molar-refractivity contribution in [2.45, 2.75) is 13.8 Å². The van der Waals surface area contributed by atoms with E-state index in [1.54, 1.807) is 24.3 Å². The van der Waals surface area contributed by atoms with Crippen molar-refractivity contribution in [3.8, 4) is 11.6 Å². The van der Waals surface area contributed by atoms with Crippen LogP contribution in [0, 0.1) is 24.0 Å². The molecular formula is C20H18N4O5. The van der Waals surface area contributed by atoms with Crippen LogP contribution in [0.2, 0.25) is 0 Å². The Labute approximate surface area is 166 Å². The Kier molecular flexibility index (Phi) is 5.68. The molecular weight excluding hydrogens is 376 g/mol. The Balaban J connectivity index is 1.92. The number of hydrogen-bond donors (Lipinski definition) is 1. The minimum absolute atomic E-state index is 0.0322. The summed E-state index contributed by atoms with van der Waals surface area (Å²) in [6.45, 7) is 3.80. The van der Waals surface area contributed by atoms with Crippen LogP contribution in [0.1, 0.15) is 21.5 Å². The van der Waals surface area contributed by atoms with E-state index in [1.165, 1.54) is 25.6 Å². The smallest absolute Gasteiger partial charge is 0.373 e. The maximum Gasteiger partial charge on any atom is 0.373 e. The van der Waals surface area contributed by atoms with Gasteiger partial charge in [-0.1, -0.05) is 6.07 Å². The van der Waals surface area contributed by atoms with E-state index in [2.05, 4.69) is 20.0 Å². The first-order valence-electron chi connectivity index (χ1n) is 8.58. The first-order chi connectivity index (χ1) is 13.9. The zero-order valence-corrected chi connectivity index (χ0v) is 16.0. The average Bonchev–Trinajstić information content (AvgIpc) is 2.67. The van der Waals surface area contributed by atoms with Crippen LogP contribution < -0.4 is 10.1 Å². The van der Waals surface area contributed by atoms with Crippen LogP contribution in [-0.4, -0.2) is 28.0 Å². The third-order valence-electron chi connectivity index (χ3n) is 3.95. The standard InChI is InChI=1S/C20H18N4O5/c1-12-8-13(2)10-16(9-12)29-19-17(24(26)27)18(21-11-22-19)23-15-6-4-14(5-7-15)20(25)28-3/h4-11H,1-3H3,(H,21,22,23). The number of ether oxygens (including phenoxy) is 2. The number of rotatable bonds is 6. The van der Waals surface area contributed by atoms with Gasteiger partial charge in [0.1, 0.15) is 12.1 Å². The molecule has 1 aromatic heterocycles. The molecule has 3 rings (SSSR count). The van der Waals surface area contributed by atoms with Gasteiger partial charge in [-0.15, -0.1) is 0 Å². The minimum Gasteiger partial charge on any atom is -0.465 e. The van der Waals surface area contributed by atoms with E-state index in [0.29, 0.717) is 17.0 Å². The minimum atomic E-state index is -0.608. The lowest BCUT2D eigenvalue weighted by atomic mass is 10.1. The number of carbonyl (C=O) groups excluding carboxylic acids is 1. The summed E-state index contributed by atoms with van der Waals surface area (Å²) in [4.78, 5) is 30.5. The number of hydrogen-bond acceptors (Lipinski definition) is 8. The molecule has 9 heteroatoms. The van der Waals surface area contributed by atoms with Crippen molar-refractivity contribution in [1.82, 2.24) is 9.97 Å². The molecule has 0 saturated heterocycles. The summed E-state index contributed by atoms with van der Waals surface area (Å²) in [6.07, 6.45) is 1.18. The number of aryl methyl sites for hydroxylation is 2. The Morgan fingerprint density at radius 1 is 1.07 bits per heavy atom. The second kappa shape index (κ2) is 8.34. The van der Waals surface area contributed by atoms with E-state index >= 15 is 0 Å². The fraction of sp³-hybridized carbons (Fsp3) is 0.150. The van der Waals surface area contributed by atoms with Gasteiger partial charge in [-0.2, -0.15) is 4.98 Å². The number of methoxy groups -OCH3 is 1. The van der Waals surface area contributed by atoms with Gasteiger partial charge < -0.3 is 14.8 Å². The summed E-state index contributed by atoms with van der Waals surface area (Å²) in [6, 6.07) is 11.7. The van der Waals surface area contributed by atoms with Gasteiger partial charge >= 0.3 is 17.5 Å². The number of esters is 1. The van der Waals surface area contributed by atoms with Crippen LogP contribution in [0.3, 0.4) is 0 Å². The molecule has 0 spiro atoms. The highest BCUT2D eigenvalue weighted by molar-refractivity contribution is 5.89. The number of anilines is 2. The molecule has 9 nitrogen and oxygen atoms in total. The zero-order valence-electron chi connectivity index (χ0n) is 16.0. The van der Waals surface area contributed by atoms with Crippen molar-refractivity contribution in [3.05, 3.63) is 75.6 Å². The monoisotopic (exact) mass is 394 g/mol. The third-order valence-corrected chi connectivity index (χ3v) is 3.95. The number of nitrogens with one attached hydrogen (secondary N) is 1. The summed E-state index contributed by atoms with van der Waals surface area (Å²) < 4.78 is 10.3. The second-order valence-corrected chi connectivity index (χ2v) is 6.25. The van der Waals surface area contributed by atoms with Gasteiger partial charge in [0.2, 0.25) is 5.82 Å². The largest absolute Gasteiger partial charge is 0.465 e. The predicted molar refractivity (Wildman–Crippen MR) is 106 cm³/mol. The van der Waals surface area contributed by atoms with E-state index in [0.717, 1.165) is 11.1 Å². The van der Waals surface area contributed by atoms with Gasteiger partial charge in [-0.3, -0.25) is 10.1 Å². The second-order valence-electron chi connectivity index (χ2n) is 6.25. The molecule has 29 heavy (non-hydrogen) atoms. The maximum absolute atomic E-state index is 11.7. The van der Waals surface area contributed by atoms with Gasteiger partial charge in [-0.25, -0.2) is 9.78 Å². The lowest BCUT2D eigenvalue weighted by molar-refractivity contribution is -0.385. The topological polar surface area (TPSA) is 116 Å². The molecule has 1 heterocycles. The molecule has 0 amide bonds. The Morgan fingerprint density at radius 2 is 1.72 bits per heavy atom. The highest BCUT2D eigenvalue weighted by Gasteiger charge is 2.25. The van der Waals surface area contributed by atoms with Crippen LogP contribution in [0.15, 0.2) is 48.8 Å². The molecule has 0 atom stereocenters. The van der Waals surface area contributed by atoms with E-state index in [-0.39, 0.29) is 11.7 Å². The quantitative estimate of drug-likeness (QED) is 0.373. The summed E-state index contributed by atoms with van der Waals surface area (Å²) in [5.41, 5.74) is 2.37. The predicted octanol–water partition coefficient (Wildman–Crippen LogP) is 4.32. The molecule has 2 aromatic carbocycles. The van der Waals surface area contributed by atoms with Crippen molar-refractivity contribution >= 4 is 23.2 Å². The highest BCUT2D eigenvalue weighted by Crippen LogP contribution is 2.35. The Morgan fingerprint density at radius 3 is 2.31 bits per heavy atom. The molecule has 1 N–H and O–H groups in total. The van der Waals surface area contributed by atoms with Crippen molar-refractivity contribution in [1.29, 1.82) is 0 Å². The lowest BCUT2D eigenvalue weighted by Crippen LogP contribution is -2.04. The number of carbonyl (C=O) groups is 1. The van der Waals surface area contributed by atoms with Crippen molar-refractivity contribution in [2.24, 2.45) is 0 Å². The zero-order chi connectivity index (χ0) is 21.0. The highest BCUT2D eigenvalue weighted by atomic mass is 16.6. The molecule has 0 aliphatic carbocycles. The molecule has 0 saturated carbocycles.